The number of cyclic esters (lactones) is 1. The Hall–Kier alpha value is -3.48. The lowest BCUT2D eigenvalue weighted by Crippen LogP contribution is -2.58. The van der Waals surface area contributed by atoms with Gasteiger partial charge in [0.1, 0.15) is 18.0 Å². The van der Waals surface area contributed by atoms with E-state index in [1.807, 2.05) is 63.9 Å². The van der Waals surface area contributed by atoms with Crippen LogP contribution in [-0.4, -0.2) is 129 Å². The first-order valence-corrected chi connectivity index (χ1v) is 17.6. The minimum Gasteiger partial charge on any atom is -0.457 e. The molecule has 2 amide bonds. The van der Waals surface area contributed by atoms with E-state index in [9.17, 15) is 19.5 Å². The zero-order chi connectivity index (χ0) is 35.3. The fraction of sp³-hybridized carbons (Fsp3) is 0.649. The highest BCUT2D eigenvalue weighted by atomic mass is 19.1. The Morgan fingerprint density at radius 2 is 1.65 bits per heavy atom. The second-order valence-electron chi connectivity index (χ2n) is 14.7. The smallest absolute Gasteiger partial charge is 0.410 e. The van der Waals surface area contributed by atoms with Crippen molar-refractivity contribution >= 4 is 29.7 Å². The number of anilines is 1. The van der Waals surface area contributed by atoms with Gasteiger partial charge in [-0.2, -0.15) is 0 Å². The van der Waals surface area contributed by atoms with Crippen LogP contribution in [0.15, 0.2) is 35.9 Å². The zero-order valence-electron chi connectivity index (χ0n) is 29.6. The number of esters is 1. The average molecular weight is 685 g/mol. The molecule has 4 aliphatic heterocycles. The number of rotatable bonds is 5. The van der Waals surface area contributed by atoms with Crippen molar-refractivity contribution in [2.24, 2.45) is 17.3 Å². The van der Waals surface area contributed by atoms with E-state index in [4.69, 9.17) is 14.2 Å². The number of hydrogen-bond acceptors (Lipinski definition) is 9. The molecule has 5 atom stereocenters. The Balaban J connectivity index is 1.31. The predicted octanol–water partition coefficient (Wildman–Crippen LogP) is 3.95. The van der Waals surface area contributed by atoms with Gasteiger partial charge in [-0.05, 0) is 75.1 Å². The summed E-state index contributed by atoms with van der Waals surface area (Å²) in [7, 11) is 2.03. The van der Waals surface area contributed by atoms with Gasteiger partial charge >= 0.3 is 12.1 Å². The number of piperazine rings is 2. The van der Waals surface area contributed by atoms with E-state index >= 15 is 4.39 Å². The van der Waals surface area contributed by atoms with E-state index in [1.54, 1.807) is 4.90 Å². The Kier molecular flexibility index (Phi) is 12.0. The maximum atomic E-state index is 15.0. The minimum atomic E-state index is -0.890. The highest BCUT2D eigenvalue weighted by Gasteiger charge is 2.44. The highest BCUT2D eigenvalue weighted by molar-refractivity contribution is 5.83. The summed E-state index contributed by atoms with van der Waals surface area (Å²) in [4.78, 5) is 46.9. The van der Waals surface area contributed by atoms with Gasteiger partial charge in [-0.3, -0.25) is 9.59 Å². The second-order valence-corrected chi connectivity index (χ2v) is 14.7. The van der Waals surface area contributed by atoms with Crippen LogP contribution in [0.4, 0.5) is 14.9 Å². The number of hydrogen-bond donors (Lipinski definition) is 1. The molecule has 1 aromatic carbocycles. The van der Waals surface area contributed by atoms with E-state index in [0.29, 0.717) is 76.5 Å². The van der Waals surface area contributed by atoms with Gasteiger partial charge in [0, 0.05) is 64.0 Å². The van der Waals surface area contributed by atoms with Crippen molar-refractivity contribution in [2.45, 2.75) is 65.3 Å². The van der Waals surface area contributed by atoms with Crippen molar-refractivity contribution in [1.29, 1.82) is 0 Å². The number of aliphatic hydroxyl groups excluding tert-OH is 1. The van der Waals surface area contributed by atoms with Crippen LogP contribution >= 0.6 is 0 Å². The molecule has 0 bridgehead atoms. The lowest BCUT2D eigenvalue weighted by molar-refractivity contribution is -0.169. The molecule has 5 rings (SSSR count). The van der Waals surface area contributed by atoms with Crippen LogP contribution in [0.5, 0.6) is 0 Å². The number of benzene rings is 1. The van der Waals surface area contributed by atoms with Crippen molar-refractivity contribution < 1.29 is 38.1 Å². The van der Waals surface area contributed by atoms with Gasteiger partial charge < -0.3 is 38.9 Å². The SMILES string of the molecule is C/C(=C\c1cc(F)cc(N2CCN(C(=O)C3(C)COC3)CC2)c1)[C@H]1OC(=O)C[C@H](O)CC[C@H](C)[C@@H](OC(=O)N2CCN(C)CC2)/C=C\[C@@H]1C. The van der Waals surface area contributed by atoms with Crippen LogP contribution in [0.3, 0.4) is 0 Å². The molecular formula is C37H53FN4O7. The van der Waals surface area contributed by atoms with Gasteiger partial charge in [0.2, 0.25) is 5.91 Å². The zero-order valence-corrected chi connectivity index (χ0v) is 29.6. The number of amides is 2. The van der Waals surface area contributed by atoms with E-state index in [0.717, 1.165) is 18.8 Å². The molecule has 270 valence electrons. The summed E-state index contributed by atoms with van der Waals surface area (Å²) in [5.41, 5.74) is 1.59. The molecule has 1 N–H and O–H groups in total. The van der Waals surface area contributed by atoms with Crippen LogP contribution in [0.1, 0.15) is 52.5 Å². The molecule has 3 saturated heterocycles. The quantitative estimate of drug-likeness (QED) is 0.364. The number of carbonyl (C=O) groups is 3. The normalized spacial score (nSPS) is 29.6. The Labute approximate surface area is 289 Å². The molecule has 4 heterocycles. The molecule has 0 saturated carbocycles. The molecule has 11 nitrogen and oxygen atoms in total. The Morgan fingerprint density at radius 1 is 0.980 bits per heavy atom. The van der Waals surface area contributed by atoms with Gasteiger partial charge in [0.25, 0.3) is 0 Å². The maximum Gasteiger partial charge on any atom is 0.410 e. The van der Waals surface area contributed by atoms with E-state index in [2.05, 4.69) is 9.80 Å². The van der Waals surface area contributed by atoms with Gasteiger partial charge in [0.15, 0.2) is 0 Å². The van der Waals surface area contributed by atoms with Crippen LogP contribution in [-0.2, 0) is 23.8 Å². The summed E-state index contributed by atoms with van der Waals surface area (Å²) in [6, 6.07) is 4.85. The summed E-state index contributed by atoms with van der Waals surface area (Å²) < 4.78 is 32.2. The first-order valence-electron chi connectivity index (χ1n) is 17.6. The van der Waals surface area contributed by atoms with E-state index in [-0.39, 0.29) is 36.1 Å². The number of aliphatic hydroxyl groups is 1. The fourth-order valence-corrected chi connectivity index (χ4v) is 6.92. The first-order chi connectivity index (χ1) is 23.3. The number of nitrogens with zero attached hydrogens (tertiary/aromatic N) is 4. The topological polar surface area (TPSA) is 112 Å². The molecule has 0 spiro atoms. The first kappa shape index (κ1) is 36.8. The highest BCUT2D eigenvalue weighted by Crippen LogP contribution is 2.31. The van der Waals surface area contributed by atoms with Crippen molar-refractivity contribution in [2.75, 3.05) is 77.5 Å². The third-order valence-corrected chi connectivity index (χ3v) is 10.3. The van der Waals surface area contributed by atoms with Crippen LogP contribution in [0, 0.1) is 23.1 Å². The summed E-state index contributed by atoms with van der Waals surface area (Å²) in [5, 5.41) is 10.7. The van der Waals surface area contributed by atoms with Gasteiger partial charge in [-0.15, -0.1) is 0 Å². The summed E-state index contributed by atoms with van der Waals surface area (Å²) in [5.74, 6) is -1.18. The van der Waals surface area contributed by atoms with Crippen LogP contribution in [0.25, 0.3) is 6.08 Å². The molecule has 4 aliphatic rings. The van der Waals surface area contributed by atoms with Gasteiger partial charge in [0.05, 0.1) is 31.2 Å². The maximum absolute atomic E-state index is 15.0. The molecular weight excluding hydrogens is 631 g/mol. The molecule has 0 unspecified atom stereocenters. The lowest BCUT2D eigenvalue weighted by atomic mass is 9.86. The summed E-state index contributed by atoms with van der Waals surface area (Å²) in [6.45, 7) is 13.6. The number of likely N-dealkylation sites (N-methyl/N-ethyl adjacent to an activating group) is 1. The van der Waals surface area contributed by atoms with Crippen molar-refractivity contribution in [3.8, 4) is 0 Å². The van der Waals surface area contributed by atoms with Gasteiger partial charge in [-0.25, -0.2) is 9.18 Å². The Morgan fingerprint density at radius 3 is 2.31 bits per heavy atom. The summed E-state index contributed by atoms with van der Waals surface area (Å²) >= 11 is 0. The largest absolute Gasteiger partial charge is 0.457 e. The van der Waals surface area contributed by atoms with Crippen molar-refractivity contribution in [3.63, 3.8) is 0 Å². The molecule has 49 heavy (non-hydrogen) atoms. The fourth-order valence-electron chi connectivity index (χ4n) is 6.92. The Bertz CT molecular complexity index is 1400. The van der Waals surface area contributed by atoms with E-state index < -0.39 is 29.7 Å². The average Bonchev–Trinajstić information content (AvgIpc) is 3.05. The molecule has 3 fully saturated rings. The second kappa shape index (κ2) is 16.0. The van der Waals surface area contributed by atoms with E-state index in [1.165, 1.54) is 12.1 Å². The van der Waals surface area contributed by atoms with Crippen molar-refractivity contribution in [3.05, 3.63) is 47.3 Å². The number of carbonyl (C=O) groups excluding carboxylic acids is 3. The molecule has 0 aromatic heterocycles. The third-order valence-electron chi connectivity index (χ3n) is 10.3. The summed E-state index contributed by atoms with van der Waals surface area (Å²) in [6.07, 6.45) is 3.93. The monoisotopic (exact) mass is 684 g/mol. The van der Waals surface area contributed by atoms with Crippen LogP contribution < -0.4 is 4.90 Å². The molecule has 0 radical (unpaired) electrons. The number of halogens is 1. The van der Waals surface area contributed by atoms with Gasteiger partial charge in [-0.1, -0.05) is 26.0 Å². The molecule has 0 aliphatic carbocycles. The van der Waals surface area contributed by atoms with Crippen molar-refractivity contribution in [1.82, 2.24) is 14.7 Å². The van der Waals surface area contributed by atoms with Crippen LogP contribution in [0.2, 0.25) is 0 Å². The lowest BCUT2D eigenvalue weighted by Gasteiger charge is -2.43. The molecule has 1 aromatic rings. The standard InChI is InChI=1S/C37H53FN4O7/c1-25-6-8-31(43)22-33(44)49-34(26(2)7-9-32(25)48-36(46)42-12-10-39(5)11-13-42)27(3)18-28-19-29(38)21-30(20-28)40-14-16-41(17-15-40)35(45)37(4)23-47-24-37/h7,9,18-21,25-26,31-32,34,43H,6,8,10-17,22-24H2,1-5H3/b9-7-,27-18+/t25-,26-,31+,32-,34-/m0/s1. The predicted molar refractivity (Wildman–Crippen MR) is 184 cm³/mol. The third kappa shape index (κ3) is 9.40. The number of ether oxygens (including phenoxy) is 3. The molecule has 12 heteroatoms. The minimum absolute atomic E-state index is 0.0823.